The van der Waals surface area contributed by atoms with Gasteiger partial charge in [0.15, 0.2) is 0 Å². The largest absolute Gasteiger partial charge is 0.383 e. The molecule has 0 aliphatic heterocycles. The monoisotopic (exact) mass is 293 g/mol. The van der Waals surface area contributed by atoms with E-state index < -0.39 is 0 Å². The zero-order chi connectivity index (χ0) is 12.3. The SMILES string of the molecule is Cc1cc(NCCn2ccnc2C)ccc1Br. The first-order valence-corrected chi connectivity index (χ1v) is 6.44. The molecular weight excluding hydrogens is 278 g/mol. The summed E-state index contributed by atoms with van der Waals surface area (Å²) >= 11 is 3.50. The van der Waals surface area contributed by atoms with Gasteiger partial charge in [-0.05, 0) is 37.6 Å². The molecule has 90 valence electrons. The van der Waals surface area contributed by atoms with Crippen molar-refractivity contribution in [3.8, 4) is 0 Å². The number of benzene rings is 1. The molecule has 0 bridgehead atoms. The molecule has 0 aliphatic rings. The number of imidazole rings is 1. The molecule has 0 radical (unpaired) electrons. The van der Waals surface area contributed by atoms with Gasteiger partial charge in [0.2, 0.25) is 0 Å². The first-order chi connectivity index (χ1) is 8.16. The Bertz CT molecular complexity index is 505. The van der Waals surface area contributed by atoms with Gasteiger partial charge >= 0.3 is 0 Å². The van der Waals surface area contributed by atoms with Crippen LogP contribution in [-0.4, -0.2) is 16.1 Å². The van der Waals surface area contributed by atoms with Crippen LogP contribution < -0.4 is 5.32 Å². The smallest absolute Gasteiger partial charge is 0.105 e. The number of nitrogens with zero attached hydrogens (tertiary/aromatic N) is 2. The molecule has 0 spiro atoms. The molecular formula is C13H16BrN3. The normalized spacial score (nSPS) is 10.5. The molecule has 0 saturated carbocycles. The molecule has 1 aromatic heterocycles. The second-order valence-corrected chi connectivity index (χ2v) is 4.91. The van der Waals surface area contributed by atoms with E-state index in [0.717, 1.165) is 29.1 Å². The number of aromatic nitrogens is 2. The van der Waals surface area contributed by atoms with Gasteiger partial charge in [-0.2, -0.15) is 0 Å². The Morgan fingerprint density at radius 1 is 1.35 bits per heavy atom. The second-order valence-electron chi connectivity index (χ2n) is 4.06. The fourth-order valence-electron chi connectivity index (χ4n) is 1.72. The van der Waals surface area contributed by atoms with Crippen molar-refractivity contribution in [2.75, 3.05) is 11.9 Å². The average molecular weight is 294 g/mol. The summed E-state index contributed by atoms with van der Waals surface area (Å²) in [4.78, 5) is 4.20. The van der Waals surface area contributed by atoms with E-state index in [0.29, 0.717) is 0 Å². The standard InChI is InChI=1S/C13H16BrN3/c1-10-9-12(3-4-13(10)14)16-6-8-17-7-5-15-11(17)2/h3-5,7,9,16H,6,8H2,1-2H3. The predicted molar refractivity (Wildman–Crippen MR) is 74.3 cm³/mol. The summed E-state index contributed by atoms with van der Waals surface area (Å²) in [5.41, 5.74) is 2.40. The number of aryl methyl sites for hydroxylation is 2. The van der Waals surface area contributed by atoms with Crippen molar-refractivity contribution in [3.05, 3.63) is 46.5 Å². The van der Waals surface area contributed by atoms with Crippen molar-refractivity contribution in [2.45, 2.75) is 20.4 Å². The molecule has 0 atom stereocenters. The molecule has 0 saturated heterocycles. The summed E-state index contributed by atoms with van der Waals surface area (Å²) in [7, 11) is 0. The van der Waals surface area contributed by atoms with Crippen LogP contribution in [0.1, 0.15) is 11.4 Å². The van der Waals surface area contributed by atoms with E-state index in [4.69, 9.17) is 0 Å². The van der Waals surface area contributed by atoms with Crippen LogP contribution in [0.3, 0.4) is 0 Å². The number of rotatable bonds is 4. The molecule has 0 amide bonds. The van der Waals surface area contributed by atoms with E-state index in [9.17, 15) is 0 Å². The van der Waals surface area contributed by atoms with Crippen LogP contribution >= 0.6 is 15.9 Å². The maximum absolute atomic E-state index is 4.20. The van der Waals surface area contributed by atoms with Gasteiger partial charge < -0.3 is 9.88 Å². The van der Waals surface area contributed by atoms with E-state index in [1.54, 1.807) is 0 Å². The third kappa shape index (κ3) is 3.09. The molecule has 1 N–H and O–H groups in total. The van der Waals surface area contributed by atoms with Gasteiger partial charge in [-0.1, -0.05) is 15.9 Å². The van der Waals surface area contributed by atoms with Crippen LogP contribution in [0.4, 0.5) is 5.69 Å². The molecule has 0 aliphatic carbocycles. The minimum Gasteiger partial charge on any atom is -0.383 e. The molecule has 1 aromatic carbocycles. The Morgan fingerprint density at radius 2 is 2.18 bits per heavy atom. The highest BCUT2D eigenvalue weighted by atomic mass is 79.9. The first kappa shape index (κ1) is 12.2. The van der Waals surface area contributed by atoms with Gasteiger partial charge in [0, 0.05) is 35.6 Å². The Labute approximate surface area is 110 Å². The Morgan fingerprint density at radius 3 is 2.82 bits per heavy atom. The molecule has 0 unspecified atom stereocenters. The van der Waals surface area contributed by atoms with Crippen LogP contribution in [0.2, 0.25) is 0 Å². The molecule has 17 heavy (non-hydrogen) atoms. The van der Waals surface area contributed by atoms with Crippen molar-refractivity contribution in [2.24, 2.45) is 0 Å². The number of hydrogen-bond donors (Lipinski definition) is 1. The topological polar surface area (TPSA) is 29.9 Å². The quantitative estimate of drug-likeness (QED) is 0.937. The third-order valence-corrected chi connectivity index (χ3v) is 3.65. The van der Waals surface area contributed by atoms with Crippen molar-refractivity contribution in [1.82, 2.24) is 9.55 Å². The van der Waals surface area contributed by atoms with E-state index in [2.05, 4.69) is 55.9 Å². The Kier molecular flexibility index (Phi) is 3.84. The molecule has 3 nitrogen and oxygen atoms in total. The lowest BCUT2D eigenvalue weighted by atomic mass is 10.2. The van der Waals surface area contributed by atoms with Gasteiger partial charge in [-0.25, -0.2) is 4.98 Å². The highest BCUT2D eigenvalue weighted by molar-refractivity contribution is 9.10. The first-order valence-electron chi connectivity index (χ1n) is 5.64. The highest BCUT2D eigenvalue weighted by Crippen LogP contribution is 2.19. The second kappa shape index (κ2) is 5.36. The van der Waals surface area contributed by atoms with E-state index in [1.165, 1.54) is 5.56 Å². The summed E-state index contributed by atoms with van der Waals surface area (Å²) in [5.74, 6) is 1.05. The van der Waals surface area contributed by atoms with Gasteiger partial charge in [0.1, 0.15) is 5.82 Å². The fraction of sp³-hybridized carbons (Fsp3) is 0.308. The summed E-state index contributed by atoms with van der Waals surface area (Å²) in [5, 5.41) is 3.41. The number of hydrogen-bond acceptors (Lipinski definition) is 2. The lowest BCUT2D eigenvalue weighted by Gasteiger charge is -2.09. The summed E-state index contributed by atoms with van der Waals surface area (Å²) < 4.78 is 3.28. The van der Waals surface area contributed by atoms with Gasteiger partial charge in [-0.15, -0.1) is 0 Å². The van der Waals surface area contributed by atoms with Gasteiger partial charge in [0.25, 0.3) is 0 Å². The average Bonchev–Trinajstić information content (AvgIpc) is 2.70. The van der Waals surface area contributed by atoms with E-state index in [1.807, 2.05) is 19.3 Å². The summed E-state index contributed by atoms with van der Waals surface area (Å²) in [6.45, 7) is 5.94. The van der Waals surface area contributed by atoms with Crippen LogP contribution in [0.5, 0.6) is 0 Å². The van der Waals surface area contributed by atoms with Gasteiger partial charge in [0.05, 0.1) is 0 Å². The molecule has 1 heterocycles. The van der Waals surface area contributed by atoms with Crippen molar-refractivity contribution >= 4 is 21.6 Å². The molecule has 4 heteroatoms. The molecule has 0 fully saturated rings. The molecule has 2 rings (SSSR count). The lowest BCUT2D eigenvalue weighted by Crippen LogP contribution is -2.11. The highest BCUT2D eigenvalue weighted by Gasteiger charge is 1.98. The van der Waals surface area contributed by atoms with Crippen LogP contribution in [0, 0.1) is 13.8 Å². The summed E-state index contributed by atoms with van der Waals surface area (Å²) in [6, 6.07) is 6.29. The maximum atomic E-state index is 4.20. The Hall–Kier alpha value is -1.29. The number of halogens is 1. The minimum absolute atomic E-state index is 0.901. The van der Waals surface area contributed by atoms with E-state index in [-0.39, 0.29) is 0 Å². The van der Waals surface area contributed by atoms with Gasteiger partial charge in [-0.3, -0.25) is 0 Å². The third-order valence-electron chi connectivity index (χ3n) is 2.76. The Balaban J connectivity index is 1.90. The lowest BCUT2D eigenvalue weighted by molar-refractivity contribution is 0.701. The van der Waals surface area contributed by atoms with Crippen molar-refractivity contribution < 1.29 is 0 Å². The zero-order valence-corrected chi connectivity index (χ0v) is 11.7. The minimum atomic E-state index is 0.901. The fourth-order valence-corrected chi connectivity index (χ4v) is 1.96. The molecule has 2 aromatic rings. The van der Waals surface area contributed by atoms with E-state index >= 15 is 0 Å². The number of anilines is 1. The van der Waals surface area contributed by atoms with Crippen LogP contribution in [0.15, 0.2) is 35.1 Å². The zero-order valence-electron chi connectivity index (χ0n) is 10.1. The van der Waals surface area contributed by atoms with Crippen LogP contribution in [0.25, 0.3) is 0 Å². The van der Waals surface area contributed by atoms with Crippen LogP contribution in [-0.2, 0) is 6.54 Å². The summed E-state index contributed by atoms with van der Waals surface area (Å²) in [6.07, 6.45) is 3.84. The van der Waals surface area contributed by atoms with Crippen molar-refractivity contribution in [3.63, 3.8) is 0 Å². The maximum Gasteiger partial charge on any atom is 0.105 e. The number of nitrogens with one attached hydrogen (secondary N) is 1. The van der Waals surface area contributed by atoms with Crippen molar-refractivity contribution in [1.29, 1.82) is 0 Å². The predicted octanol–water partition coefficient (Wildman–Crippen LogP) is 3.37.